The third-order valence-corrected chi connectivity index (χ3v) is 4.11. The molecule has 0 aromatic heterocycles. The van der Waals surface area contributed by atoms with E-state index < -0.39 is 5.60 Å². The van der Waals surface area contributed by atoms with Crippen LogP contribution in [0.4, 0.5) is 4.79 Å². The van der Waals surface area contributed by atoms with Crippen LogP contribution in [0.3, 0.4) is 0 Å². The van der Waals surface area contributed by atoms with Crippen LogP contribution in [0.2, 0.25) is 0 Å². The van der Waals surface area contributed by atoms with Crippen LogP contribution in [0.5, 0.6) is 0 Å². The number of rotatable bonds is 0. The summed E-state index contributed by atoms with van der Waals surface area (Å²) in [6, 6.07) is 0.900. The molecule has 2 aliphatic carbocycles. The Balaban J connectivity index is 1.72. The maximum atomic E-state index is 12.0. The van der Waals surface area contributed by atoms with Crippen LogP contribution in [0.25, 0.3) is 0 Å². The number of hydrazine groups is 1. The van der Waals surface area contributed by atoms with Crippen molar-refractivity contribution in [3.63, 3.8) is 0 Å². The molecule has 90 valence electrons. The molecule has 1 amide bonds. The van der Waals surface area contributed by atoms with Crippen LogP contribution in [0.15, 0.2) is 0 Å². The summed E-state index contributed by atoms with van der Waals surface area (Å²) in [4.78, 5) is 12.0. The summed E-state index contributed by atoms with van der Waals surface area (Å²) in [6.07, 6.45) is 4.69. The first-order chi connectivity index (χ1) is 7.42. The first kappa shape index (κ1) is 10.4. The molecular weight excluding hydrogens is 204 g/mol. The van der Waals surface area contributed by atoms with Gasteiger partial charge in [-0.15, -0.1) is 0 Å². The number of carbonyl (C=O) groups is 1. The molecule has 0 aromatic rings. The average molecular weight is 224 g/mol. The molecule has 1 saturated heterocycles. The van der Waals surface area contributed by atoms with Gasteiger partial charge in [0.05, 0.1) is 6.04 Å². The zero-order valence-electron chi connectivity index (χ0n) is 10.2. The van der Waals surface area contributed by atoms with Crippen LogP contribution >= 0.6 is 0 Å². The van der Waals surface area contributed by atoms with Crippen molar-refractivity contribution in [1.29, 1.82) is 0 Å². The Bertz CT molecular complexity index is 330. The van der Waals surface area contributed by atoms with E-state index in [4.69, 9.17) is 4.74 Å². The lowest BCUT2D eigenvalue weighted by Gasteiger charge is -2.30. The first-order valence-electron chi connectivity index (χ1n) is 6.21. The summed E-state index contributed by atoms with van der Waals surface area (Å²) in [7, 11) is 0. The number of carbonyl (C=O) groups excluding carboxylic acids is 1. The molecule has 1 spiro atoms. The van der Waals surface area contributed by atoms with Gasteiger partial charge in [0.25, 0.3) is 0 Å². The van der Waals surface area contributed by atoms with Gasteiger partial charge in [-0.25, -0.2) is 15.2 Å². The van der Waals surface area contributed by atoms with E-state index in [0.717, 1.165) is 6.42 Å². The molecule has 0 radical (unpaired) electrons. The van der Waals surface area contributed by atoms with E-state index >= 15 is 0 Å². The fourth-order valence-corrected chi connectivity index (χ4v) is 3.29. The highest BCUT2D eigenvalue weighted by molar-refractivity contribution is 5.69. The van der Waals surface area contributed by atoms with Crippen molar-refractivity contribution >= 4 is 6.09 Å². The summed E-state index contributed by atoms with van der Waals surface area (Å²) in [5.41, 5.74) is 3.33. The Hall–Kier alpha value is -0.770. The van der Waals surface area contributed by atoms with Crippen molar-refractivity contribution in [2.75, 3.05) is 0 Å². The predicted octanol–water partition coefficient (Wildman–Crippen LogP) is 2.05. The molecule has 3 fully saturated rings. The first-order valence-corrected chi connectivity index (χ1v) is 6.21. The Kier molecular flexibility index (Phi) is 1.89. The molecule has 3 rings (SSSR count). The highest BCUT2D eigenvalue weighted by Crippen LogP contribution is 2.62. The molecule has 2 bridgehead atoms. The second-order valence-corrected chi connectivity index (χ2v) is 6.36. The number of ether oxygens (including phenoxy) is 1. The van der Waals surface area contributed by atoms with Crippen molar-refractivity contribution in [1.82, 2.24) is 10.4 Å². The summed E-state index contributed by atoms with van der Waals surface area (Å²) < 4.78 is 5.42. The van der Waals surface area contributed by atoms with Gasteiger partial charge in [-0.2, -0.15) is 0 Å². The molecule has 2 unspecified atom stereocenters. The molecule has 1 heterocycles. The van der Waals surface area contributed by atoms with E-state index in [0.29, 0.717) is 17.5 Å². The predicted molar refractivity (Wildman–Crippen MR) is 59.7 cm³/mol. The molecule has 0 aromatic carbocycles. The lowest BCUT2D eigenvalue weighted by molar-refractivity contribution is 0.00526. The SMILES string of the molecule is CC(C)(C)OC(=O)N1NC2CCC1C21CC1. The van der Waals surface area contributed by atoms with Gasteiger partial charge in [0.2, 0.25) is 0 Å². The van der Waals surface area contributed by atoms with Crippen LogP contribution in [-0.4, -0.2) is 28.8 Å². The fourth-order valence-electron chi connectivity index (χ4n) is 3.29. The number of amides is 1. The van der Waals surface area contributed by atoms with Gasteiger partial charge in [0, 0.05) is 11.5 Å². The summed E-state index contributed by atoms with van der Waals surface area (Å²) >= 11 is 0. The van der Waals surface area contributed by atoms with Gasteiger partial charge in [-0.3, -0.25) is 0 Å². The fraction of sp³-hybridized carbons (Fsp3) is 0.917. The lowest BCUT2D eigenvalue weighted by Crippen LogP contribution is -2.49. The summed E-state index contributed by atoms with van der Waals surface area (Å²) in [5, 5.41) is 1.76. The quantitative estimate of drug-likeness (QED) is 0.684. The van der Waals surface area contributed by atoms with E-state index in [1.54, 1.807) is 5.01 Å². The third-order valence-electron chi connectivity index (χ3n) is 4.11. The van der Waals surface area contributed by atoms with Crippen LogP contribution in [-0.2, 0) is 4.74 Å². The van der Waals surface area contributed by atoms with Gasteiger partial charge in [-0.05, 0) is 46.5 Å². The van der Waals surface area contributed by atoms with E-state index in [-0.39, 0.29) is 6.09 Å². The van der Waals surface area contributed by atoms with E-state index in [1.807, 2.05) is 20.8 Å². The molecular formula is C12H20N2O2. The third kappa shape index (κ3) is 1.35. The second-order valence-electron chi connectivity index (χ2n) is 6.36. The van der Waals surface area contributed by atoms with Crippen molar-refractivity contribution in [3.05, 3.63) is 0 Å². The van der Waals surface area contributed by atoms with Gasteiger partial charge >= 0.3 is 6.09 Å². The molecule has 4 nitrogen and oxygen atoms in total. The van der Waals surface area contributed by atoms with Crippen molar-refractivity contribution in [3.8, 4) is 0 Å². The van der Waals surface area contributed by atoms with Crippen molar-refractivity contribution in [2.45, 2.75) is 64.1 Å². The highest BCUT2D eigenvalue weighted by Gasteiger charge is 2.66. The van der Waals surface area contributed by atoms with Crippen LogP contribution in [0, 0.1) is 5.41 Å². The lowest BCUT2D eigenvalue weighted by atomic mass is 9.99. The number of hydrogen-bond donors (Lipinski definition) is 1. The van der Waals surface area contributed by atoms with Crippen LogP contribution < -0.4 is 5.43 Å². The summed E-state index contributed by atoms with van der Waals surface area (Å²) in [6.45, 7) is 5.73. The standard InChI is InChI=1S/C12H20N2O2/c1-11(2,3)16-10(15)14-9-5-4-8(13-14)12(9)6-7-12/h8-9,13H,4-7H2,1-3H3. The Labute approximate surface area is 96.3 Å². The number of hydrogen-bond acceptors (Lipinski definition) is 3. The van der Waals surface area contributed by atoms with E-state index in [1.165, 1.54) is 19.3 Å². The maximum absolute atomic E-state index is 12.0. The van der Waals surface area contributed by atoms with Gasteiger partial charge < -0.3 is 4.74 Å². The molecule has 16 heavy (non-hydrogen) atoms. The average Bonchev–Trinajstić information content (AvgIpc) is 2.80. The van der Waals surface area contributed by atoms with Gasteiger partial charge in [0.1, 0.15) is 5.60 Å². The smallest absolute Gasteiger partial charge is 0.425 e. The van der Waals surface area contributed by atoms with Gasteiger partial charge in [-0.1, -0.05) is 0 Å². The Morgan fingerprint density at radius 1 is 1.38 bits per heavy atom. The minimum Gasteiger partial charge on any atom is -0.443 e. The topological polar surface area (TPSA) is 41.6 Å². The van der Waals surface area contributed by atoms with E-state index in [9.17, 15) is 4.79 Å². The number of nitrogens with one attached hydrogen (secondary N) is 1. The van der Waals surface area contributed by atoms with Crippen molar-refractivity contribution < 1.29 is 9.53 Å². The number of nitrogens with zero attached hydrogens (tertiary/aromatic N) is 1. The molecule has 2 atom stereocenters. The highest BCUT2D eigenvalue weighted by atomic mass is 16.6. The van der Waals surface area contributed by atoms with Crippen molar-refractivity contribution in [2.24, 2.45) is 5.41 Å². The van der Waals surface area contributed by atoms with Gasteiger partial charge in [0.15, 0.2) is 0 Å². The minimum absolute atomic E-state index is 0.203. The molecule has 2 saturated carbocycles. The second kappa shape index (κ2) is 2.92. The summed E-state index contributed by atoms with van der Waals surface area (Å²) in [5.74, 6) is 0. The zero-order valence-corrected chi connectivity index (χ0v) is 10.2. The Morgan fingerprint density at radius 3 is 2.56 bits per heavy atom. The van der Waals surface area contributed by atoms with E-state index in [2.05, 4.69) is 5.43 Å². The molecule has 1 N–H and O–H groups in total. The minimum atomic E-state index is -0.405. The molecule has 4 heteroatoms. The Morgan fingerprint density at radius 2 is 2.06 bits per heavy atom. The normalized spacial score (nSPS) is 34.6. The monoisotopic (exact) mass is 224 g/mol. The largest absolute Gasteiger partial charge is 0.443 e. The molecule has 3 aliphatic rings. The molecule has 1 aliphatic heterocycles. The zero-order chi connectivity index (χ0) is 11.6. The van der Waals surface area contributed by atoms with Crippen LogP contribution in [0.1, 0.15) is 46.5 Å². The maximum Gasteiger partial charge on any atom is 0.425 e.